The van der Waals surface area contributed by atoms with Crippen LogP contribution in [0.3, 0.4) is 0 Å². The lowest BCUT2D eigenvalue weighted by Crippen LogP contribution is -2.54. The van der Waals surface area contributed by atoms with Gasteiger partial charge in [0.25, 0.3) is 0 Å². The van der Waals surface area contributed by atoms with E-state index in [0.717, 1.165) is 49.7 Å². The van der Waals surface area contributed by atoms with Crippen molar-refractivity contribution in [1.29, 1.82) is 0 Å². The van der Waals surface area contributed by atoms with E-state index in [1.54, 1.807) is 12.4 Å². The number of carbonyl (C=O) groups is 2. The normalized spacial score (nSPS) is 20.5. The minimum absolute atomic E-state index is 0.00448. The Bertz CT molecular complexity index is 2070. The number of alkyl halides is 7. The van der Waals surface area contributed by atoms with Crippen LogP contribution in [0.2, 0.25) is 5.02 Å². The number of aliphatic carboxylic acids is 2. The third kappa shape index (κ3) is 8.83. The Hall–Kier alpha value is -4.63. The highest BCUT2D eigenvalue weighted by Gasteiger charge is 2.49. The smallest absolute Gasteiger partial charge is 0.475 e. The number of hydrogen-bond acceptors (Lipinski definition) is 10. The predicted octanol–water partition coefficient (Wildman–Crippen LogP) is 6.79. The second-order valence-electron chi connectivity index (χ2n) is 14.0. The zero-order valence-electron chi connectivity index (χ0n) is 30.1. The summed E-state index contributed by atoms with van der Waals surface area (Å²) < 4.78 is 101. The Kier molecular flexibility index (Phi) is 12.2. The molecule has 0 bridgehead atoms. The summed E-state index contributed by atoms with van der Waals surface area (Å²) in [6.45, 7) is 4.02. The van der Waals surface area contributed by atoms with E-state index in [1.165, 1.54) is 0 Å². The van der Waals surface area contributed by atoms with Crippen LogP contribution in [0.4, 0.5) is 40.9 Å². The number of halogens is 9. The van der Waals surface area contributed by atoms with Crippen molar-refractivity contribution in [2.75, 3.05) is 45.7 Å². The number of aryl methyl sites for hydroxylation is 1. The van der Waals surface area contributed by atoms with Crippen molar-refractivity contribution in [3.8, 4) is 17.3 Å². The van der Waals surface area contributed by atoms with Gasteiger partial charge < -0.3 is 25.2 Å². The molecule has 2 aliphatic heterocycles. The summed E-state index contributed by atoms with van der Waals surface area (Å²) in [6.07, 6.45) is -2.28. The molecule has 2 saturated heterocycles. The minimum atomic E-state index is -5.08. The van der Waals surface area contributed by atoms with Gasteiger partial charge >= 0.3 is 30.3 Å². The van der Waals surface area contributed by atoms with Gasteiger partial charge in [0.05, 0.1) is 27.7 Å². The number of aromatic amines is 1. The average molecular weight is 825 g/mol. The molecule has 13 nitrogen and oxygen atoms in total. The molecule has 4 N–H and O–H groups in total. The van der Waals surface area contributed by atoms with Crippen LogP contribution in [0, 0.1) is 12.7 Å². The molecule has 1 aromatic carbocycles. The molecule has 7 rings (SSSR count). The minimum Gasteiger partial charge on any atom is -0.475 e. The van der Waals surface area contributed by atoms with Crippen LogP contribution in [0.5, 0.6) is 6.01 Å². The van der Waals surface area contributed by atoms with Gasteiger partial charge in [-0.1, -0.05) is 11.6 Å². The molecule has 56 heavy (non-hydrogen) atoms. The zero-order chi connectivity index (χ0) is 41.4. The number of ether oxygens (including phenoxy) is 1. The average Bonchev–Trinajstić information content (AvgIpc) is 3.78. The fourth-order valence-electron chi connectivity index (χ4n) is 7.11. The Morgan fingerprint density at radius 2 is 1.70 bits per heavy atom. The van der Waals surface area contributed by atoms with Gasteiger partial charge in [-0.05, 0) is 71.3 Å². The van der Waals surface area contributed by atoms with Crippen LogP contribution in [0.25, 0.3) is 33.1 Å². The first-order chi connectivity index (χ1) is 26.1. The van der Waals surface area contributed by atoms with Gasteiger partial charge in [0.1, 0.15) is 29.8 Å². The molecule has 1 saturated carbocycles. The Morgan fingerprint density at radius 1 is 1.05 bits per heavy atom. The van der Waals surface area contributed by atoms with Crippen molar-refractivity contribution < 1.29 is 59.7 Å². The number of likely N-dealkylation sites (N-methyl/N-ethyl adjacent to an activating group) is 1. The molecule has 3 aliphatic rings. The fraction of sp³-hybridized carbons (Fsp3) is 0.529. The first-order valence-corrected chi connectivity index (χ1v) is 17.5. The highest BCUT2D eigenvalue weighted by molar-refractivity contribution is 6.35. The number of pyridine rings is 1. The number of nitrogens with zero attached hydrogens (tertiary/aromatic N) is 6. The summed E-state index contributed by atoms with van der Waals surface area (Å²) in [7, 11) is 4.16. The number of benzene rings is 1. The molecule has 306 valence electrons. The standard InChI is InChI=1S/C30H35ClF2N8O.2C2HF3O2/c1-17-10-21-19(13-36-39-21)22(23(17)31)26-24(33)25-20(12-34-26)27(35-15-29(40(2)3)6-4-7-29)38-28(37-25)42-16-30-8-5-9-41(30)14-18(32)11-30;2*3-2(4,5)1(6)7/h10,12-13,18H,4-9,11,14-16H2,1-3H3,(H,36,39)(H,35,37,38);2*(H,6,7)/t18-,30+;;/m1../s1. The third-order valence-corrected chi connectivity index (χ3v) is 10.8. The SMILES string of the molecule is Cc1cc2[nH]ncc2c(-c2ncc3c(NCC4(N(C)C)CCC4)nc(OC[C@@]45CCCN4C[C@H](F)C5)nc3c2F)c1Cl.O=C(O)C(F)(F)F.O=C(O)C(F)(F)F. The Labute approximate surface area is 318 Å². The van der Waals surface area contributed by atoms with Crippen molar-refractivity contribution in [1.82, 2.24) is 34.9 Å². The van der Waals surface area contributed by atoms with Crippen molar-refractivity contribution >= 4 is 51.2 Å². The van der Waals surface area contributed by atoms with Gasteiger partial charge in [0, 0.05) is 42.2 Å². The molecular weight excluding hydrogens is 788 g/mol. The number of aromatic nitrogens is 5. The molecule has 3 fully saturated rings. The van der Waals surface area contributed by atoms with Crippen LogP contribution >= 0.6 is 11.6 Å². The van der Waals surface area contributed by atoms with E-state index in [4.69, 9.17) is 41.1 Å². The van der Waals surface area contributed by atoms with Gasteiger partial charge in [-0.3, -0.25) is 15.0 Å². The molecule has 5 heterocycles. The molecule has 3 aromatic heterocycles. The van der Waals surface area contributed by atoms with E-state index in [-0.39, 0.29) is 34.9 Å². The number of carboxylic acids is 2. The second-order valence-corrected chi connectivity index (χ2v) is 14.4. The summed E-state index contributed by atoms with van der Waals surface area (Å²) in [6, 6.07) is 1.93. The summed E-state index contributed by atoms with van der Waals surface area (Å²) in [4.78, 5) is 36.0. The summed E-state index contributed by atoms with van der Waals surface area (Å²) in [5.41, 5.74) is 1.75. The quantitative estimate of drug-likeness (QED) is 0.138. The number of anilines is 1. The molecule has 4 aromatic rings. The lowest BCUT2D eigenvalue weighted by atomic mass is 9.75. The number of fused-ring (bicyclic) bond motifs is 3. The topological polar surface area (TPSA) is 170 Å². The van der Waals surface area contributed by atoms with Crippen LogP contribution in [-0.2, 0) is 9.59 Å². The maximum Gasteiger partial charge on any atom is 0.490 e. The number of carboxylic acid groups (broad SMARTS) is 2. The second kappa shape index (κ2) is 16.1. The molecular formula is C34H37ClF8N8O5. The zero-order valence-corrected chi connectivity index (χ0v) is 30.8. The van der Waals surface area contributed by atoms with Gasteiger partial charge in [0.15, 0.2) is 5.82 Å². The highest BCUT2D eigenvalue weighted by Crippen LogP contribution is 2.42. The first kappa shape index (κ1) is 42.5. The van der Waals surface area contributed by atoms with E-state index in [9.17, 15) is 30.7 Å². The van der Waals surface area contributed by atoms with Crippen LogP contribution in [0.15, 0.2) is 18.5 Å². The van der Waals surface area contributed by atoms with Gasteiger partial charge in [-0.15, -0.1) is 0 Å². The van der Waals surface area contributed by atoms with E-state index in [1.807, 2.05) is 13.0 Å². The highest BCUT2D eigenvalue weighted by atomic mass is 35.5. The predicted molar refractivity (Wildman–Crippen MR) is 187 cm³/mol. The van der Waals surface area contributed by atoms with Crippen molar-refractivity contribution in [2.24, 2.45) is 0 Å². The Morgan fingerprint density at radius 3 is 2.27 bits per heavy atom. The summed E-state index contributed by atoms with van der Waals surface area (Å²) in [5.74, 6) is -5.67. The van der Waals surface area contributed by atoms with E-state index < -0.39 is 36.3 Å². The van der Waals surface area contributed by atoms with Gasteiger partial charge in [-0.25, -0.2) is 18.4 Å². The van der Waals surface area contributed by atoms with E-state index in [0.29, 0.717) is 46.7 Å². The van der Waals surface area contributed by atoms with Crippen molar-refractivity contribution in [2.45, 2.75) is 75.1 Å². The maximum atomic E-state index is 16.6. The molecule has 2 atom stereocenters. The van der Waals surface area contributed by atoms with Gasteiger partial charge in [-0.2, -0.15) is 41.4 Å². The number of H-pyrrole nitrogens is 1. The van der Waals surface area contributed by atoms with E-state index in [2.05, 4.69) is 49.4 Å². The van der Waals surface area contributed by atoms with Crippen molar-refractivity contribution in [3.63, 3.8) is 0 Å². The molecule has 22 heteroatoms. The van der Waals surface area contributed by atoms with Crippen LogP contribution in [0.1, 0.15) is 44.1 Å². The first-order valence-electron chi connectivity index (χ1n) is 17.1. The number of rotatable bonds is 8. The van der Waals surface area contributed by atoms with Crippen LogP contribution < -0.4 is 10.1 Å². The summed E-state index contributed by atoms with van der Waals surface area (Å²) in [5, 5.41) is 26.3. The number of hydrogen-bond donors (Lipinski definition) is 4. The monoisotopic (exact) mass is 824 g/mol. The molecule has 1 aliphatic carbocycles. The maximum absolute atomic E-state index is 16.6. The molecule has 0 spiro atoms. The van der Waals surface area contributed by atoms with Gasteiger partial charge in [0.2, 0.25) is 0 Å². The summed E-state index contributed by atoms with van der Waals surface area (Å²) >= 11 is 6.73. The third-order valence-electron chi connectivity index (χ3n) is 10.3. The molecule has 0 amide bonds. The lowest BCUT2D eigenvalue weighted by molar-refractivity contribution is -0.193. The van der Waals surface area contributed by atoms with Crippen molar-refractivity contribution in [3.05, 3.63) is 34.9 Å². The molecule has 0 unspecified atom stereocenters. The largest absolute Gasteiger partial charge is 0.490 e. The Balaban J connectivity index is 0.000000367. The van der Waals surface area contributed by atoms with E-state index >= 15 is 4.39 Å². The molecule has 0 radical (unpaired) electrons. The lowest BCUT2D eigenvalue weighted by Gasteiger charge is -2.47. The fourth-order valence-corrected chi connectivity index (χ4v) is 7.35. The van der Waals surface area contributed by atoms with Crippen LogP contribution in [-0.4, -0.2) is 127 Å². The number of nitrogens with one attached hydrogen (secondary N) is 2.